The van der Waals surface area contributed by atoms with Crippen LogP contribution in [-0.2, 0) is 12.8 Å². The average Bonchev–Trinajstić information content (AvgIpc) is 3.20. The molecule has 3 heterocycles. The summed E-state index contributed by atoms with van der Waals surface area (Å²) in [6, 6.07) is 10.2. The summed E-state index contributed by atoms with van der Waals surface area (Å²) in [6.45, 7) is 6.44. The zero-order valence-corrected chi connectivity index (χ0v) is 16.5. The van der Waals surface area contributed by atoms with Gasteiger partial charge < -0.3 is 10.4 Å². The van der Waals surface area contributed by atoms with Crippen molar-refractivity contribution in [1.29, 1.82) is 0 Å². The maximum Gasteiger partial charge on any atom is 0.227 e. The van der Waals surface area contributed by atoms with E-state index in [0.717, 1.165) is 28.1 Å². The Hall–Kier alpha value is -2.51. The molecule has 0 aliphatic heterocycles. The third-order valence-electron chi connectivity index (χ3n) is 4.59. The lowest BCUT2D eigenvalue weighted by Crippen LogP contribution is -2.18. The van der Waals surface area contributed by atoms with Crippen LogP contribution in [0.25, 0.3) is 15.9 Å². The van der Waals surface area contributed by atoms with Gasteiger partial charge in [0, 0.05) is 17.8 Å². The molecule has 1 unspecified atom stereocenters. The first-order chi connectivity index (χ1) is 13.1. The van der Waals surface area contributed by atoms with E-state index < -0.39 is 6.10 Å². The van der Waals surface area contributed by atoms with Crippen LogP contribution < -0.4 is 5.32 Å². The number of nitrogens with zero attached hydrogens (tertiary/aromatic N) is 4. The normalized spacial score (nSPS) is 12.7. The number of aromatic nitrogens is 4. The molecular weight excluding hydrogens is 358 g/mol. The van der Waals surface area contributed by atoms with E-state index in [0.29, 0.717) is 18.9 Å². The average molecular weight is 382 g/mol. The predicted octanol–water partition coefficient (Wildman–Crippen LogP) is 3.59. The molecule has 2 N–H and O–H groups in total. The van der Waals surface area contributed by atoms with Crippen LogP contribution in [-0.4, -0.2) is 37.3 Å². The molecule has 6 nitrogen and oxygen atoms in total. The summed E-state index contributed by atoms with van der Waals surface area (Å²) in [5, 5.41) is 18.7. The van der Waals surface area contributed by atoms with Gasteiger partial charge in [-0.15, -0.1) is 16.4 Å². The van der Waals surface area contributed by atoms with Gasteiger partial charge in [-0.25, -0.2) is 9.97 Å². The highest BCUT2D eigenvalue weighted by atomic mass is 32.1. The van der Waals surface area contributed by atoms with Crippen LogP contribution in [0.1, 0.15) is 35.7 Å². The number of aliphatic hydroxyl groups excluding tert-OH is 1. The lowest BCUT2D eigenvalue weighted by Gasteiger charge is -2.09. The van der Waals surface area contributed by atoms with Gasteiger partial charge in [0.25, 0.3) is 0 Å². The number of aliphatic hydroxyl groups is 1. The van der Waals surface area contributed by atoms with Crippen molar-refractivity contribution >= 4 is 33.1 Å². The number of anilines is 1. The Bertz CT molecular complexity index is 1080. The summed E-state index contributed by atoms with van der Waals surface area (Å²) in [7, 11) is 0. The van der Waals surface area contributed by atoms with Gasteiger partial charge >= 0.3 is 0 Å². The van der Waals surface area contributed by atoms with Gasteiger partial charge in [0.15, 0.2) is 11.5 Å². The zero-order chi connectivity index (χ0) is 19.0. The van der Waals surface area contributed by atoms with Gasteiger partial charge in [0.2, 0.25) is 5.95 Å². The van der Waals surface area contributed by atoms with Gasteiger partial charge in [0.1, 0.15) is 4.83 Å². The molecule has 0 spiro atoms. The van der Waals surface area contributed by atoms with Crippen LogP contribution in [0, 0.1) is 6.92 Å². The SMILES string of the molecule is CCc1c(C)sc2nc(NCC(C)O)n3nc(Cc4ccccc4)nc3c12. The van der Waals surface area contributed by atoms with Crippen LogP contribution in [0.5, 0.6) is 0 Å². The van der Waals surface area contributed by atoms with Crippen LogP contribution in [0.4, 0.5) is 5.95 Å². The molecule has 140 valence electrons. The van der Waals surface area contributed by atoms with Gasteiger partial charge in [-0.2, -0.15) is 4.52 Å². The first kappa shape index (κ1) is 17.9. The van der Waals surface area contributed by atoms with E-state index >= 15 is 0 Å². The number of rotatable bonds is 6. The van der Waals surface area contributed by atoms with Crippen molar-refractivity contribution in [1.82, 2.24) is 19.6 Å². The third kappa shape index (κ3) is 3.40. The van der Waals surface area contributed by atoms with Crippen molar-refractivity contribution in [2.24, 2.45) is 0 Å². The highest BCUT2D eigenvalue weighted by Gasteiger charge is 2.19. The fraction of sp³-hybridized carbons (Fsp3) is 0.350. The predicted molar refractivity (Wildman–Crippen MR) is 110 cm³/mol. The topological polar surface area (TPSA) is 75.3 Å². The maximum absolute atomic E-state index is 9.65. The molecule has 0 aliphatic rings. The molecule has 27 heavy (non-hydrogen) atoms. The quantitative estimate of drug-likeness (QED) is 0.534. The Morgan fingerprint density at radius 2 is 2.00 bits per heavy atom. The van der Waals surface area contributed by atoms with E-state index in [4.69, 9.17) is 15.1 Å². The second kappa shape index (κ2) is 7.25. The molecule has 4 rings (SSSR count). The van der Waals surface area contributed by atoms with Crippen molar-refractivity contribution in [3.05, 3.63) is 52.2 Å². The molecule has 4 aromatic rings. The summed E-state index contributed by atoms with van der Waals surface area (Å²) >= 11 is 1.69. The van der Waals surface area contributed by atoms with Crippen molar-refractivity contribution in [3.8, 4) is 0 Å². The Morgan fingerprint density at radius 3 is 2.70 bits per heavy atom. The Labute approximate surface area is 161 Å². The molecule has 0 fully saturated rings. The Morgan fingerprint density at radius 1 is 1.22 bits per heavy atom. The molecule has 3 aromatic heterocycles. The monoisotopic (exact) mass is 381 g/mol. The van der Waals surface area contributed by atoms with Crippen LogP contribution in [0.3, 0.4) is 0 Å². The zero-order valence-electron chi connectivity index (χ0n) is 15.7. The molecule has 0 saturated carbocycles. The summed E-state index contributed by atoms with van der Waals surface area (Å²) in [4.78, 5) is 11.9. The molecule has 0 amide bonds. The summed E-state index contributed by atoms with van der Waals surface area (Å²) in [6.07, 6.45) is 1.13. The first-order valence-electron chi connectivity index (χ1n) is 9.20. The second-order valence-electron chi connectivity index (χ2n) is 6.76. The van der Waals surface area contributed by atoms with Gasteiger partial charge in [-0.1, -0.05) is 37.3 Å². The Kier molecular flexibility index (Phi) is 4.80. The maximum atomic E-state index is 9.65. The summed E-state index contributed by atoms with van der Waals surface area (Å²) < 4.78 is 1.79. The molecule has 1 atom stereocenters. The van der Waals surface area contributed by atoms with Gasteiger partial charge in [-0.05, 0) is 31.4 Å². The van der Waals surface area contributed by atoms with Crippen molar-refractivity contribution in [3.63, 3.8) is 0 Å². The molecule has 1 aromatic carbocycles. The molecular formula is C20H23N5OS. The smallest absolute Gasteiger partial charge is 0.227 e. The van der Waals surface area contributed by atoms with Crippen LogP contribution in [0.2, 0.25) is 0 Å². The fourth-order valence-electron chi connectivity index (χ4n) is 3.31. The van der Waals surface area contributed by atoms with Gasteiger partial charge in [0.05, 0.1) is 11.5 Å². The third-order valence-corrected chi connectivity index (χ3v) is 5.63. The fourth-order valence-corrected chi connectivity index (χ4v) is 4.42. The largest absolute Gasteiger partial charge is 0.392 e. The minimum atomic E-state index is -0.471. The number of aryl methyl sites for hydroxylation is 2. The van der Waals surface area contributed by atoms with Crippen LogP contribution >= 0.6 is 11.3 Å². The number of benzene rings is 1. The first-order valence-corrected chi connectivity index (χ1v) is 10.0. The highest BCUT2D eigenvalue weighted by molar-refractivity contribution is 7.18. The van der Waals surface area contributed by atoms with E-state index in [1.165, 1.54) is 16.0 Å². The lowest BCUT2D eigenvalue weighted by molar-refractivity contribution is 0.208. The minimum Gasteiger partial charge on any atom is -0.392 e. The summed E-state index contributed by atoms with van der Waals surface area (Å²) in [5.41, 5.74) is 3.29. The van der Waals surface area contributed by atoms with E-state index in [1.54, 1.807) is 22.8 Å². The van der Waals surface area contributed by atoms with Crippen LogP contribution in [0.15, 0.2) is 30.3 Å². The highest BCUT2D eigenvalue weighted by Crippen LogP contribution is 2.33. The number of thiophene rings is 1. The number of fused-ring (bicyclic) bond motifs is 3. The minimum absolute atomic E-state index is 0.409. The van der Waals surface area contributed by atoms with Crippen molar-refractivity contribution in [2.75, 3.05) is 11.9 Å². The summed E-state index contributed by atoms with van der Waals surface area (Å²) in [5.74, 6) is 1.38. The lowest BCUT2D eigenvalue weighted by atomic mass is 10.1. The number of hydrogen-bond acceptors (Lipinski definition) is 6. The molecule has 0 radical (unpaired) electrons. The molecule has 0 bridgehead atoms. The molecule has 7 heteroatoms. The van der Waals surface area contributed by atoms with E-state index in [9.17, 15) is 5.11 Å². The Balaban J connectivity index is 1.88. The molecule has 0 saturated heterocycles. The van der Waals surface area contributed by atoms with Crippen molar-refractivity contribution < 1.29 is 5.11 Å². The van der Waals surface area contributed by atoms with Gasteiger partial charge in [-0.3, -0.25) is 0 Å². The van der Waals surface area contributed by atoms with E-state index in [-0.39, 0.29) is 0 Å². The molecule has 0 aliphatic carbocycles. The standard InChI is InChI=1S/C20H23N5OS/c1-4-15-13(3)27-19-17(15)18-22-16(10-14-8-6-5-7-9-14)24-25(18)20(23-19)21-11-12(2)26/h5-9,12,26H,4,10-11H2,1-3H3,(H,21,23). The second-order valence-corrected chi connectivity index (χ2v) is 7.96. The number of hydrogen-bond donors (Lipinski definition) is 2. The van der Waals surface area contributed by atoms with E-state index in [2.05, 4.69) is 31.3 Å². The van der Waals surface area contributed by atoms with E-state index in [1.807, 2.05) is 18.2 Å². The van der Waals surface area contributed by atoms with Crippen molar-refractivity contribution in [2.45, 2.75) is 39.7 Å². The number of nitrogens with one attached hydrogen (secondary N) is 1.